The highest BCUT2D eigenvalue weighted by Crippen LogP contribution is 2.14. The first-order valence-electron chi connectivity index (χ1n) is 5.73. The van der Waals surface area contributed by atoms with Crippen molar-refractivity contribution in [2.45, 2.75) is 32.7 Å². The second-order valence-electron chi connectivity index (χ2n) is 4.98. The van der Waals surface area contributed by atoms with Crippen LogP contribution in [-0.4, -0.2) is 42.5 Å². The molecule has 0 aromatic heterocycles. The molecule has 0 aromatic rings. The van der Waals surface area contributed by atoms with E-state index in [1.54, 1.807) is 13.8 Å². The lowest BCUT2D eigenvalue weighted by Crippen LogP contribution is -2.50. The topological polar surface area (TPSA) is 58.4 Å². The minimum absolute atomic E-state index is 0. The van der Waals surface area contributed by atoms with E-state index in [1.165, 1.54) is 6.42 Å². The Morgan fingerprint density at radius 2 is 2.06 bits per heavy atom. The molecule has 6 heteroatoms. The fraction of sp³-hybridized carbons (Fsp3) is 0.909. The van der Waals surface area contributed by atoms with Crippen LogP contribution in [0, 0.1) is 5.92 Å². The average Bonchev–Trinajstić information content (AvgIpc) is 2.60. The SMILES string of the molecule is CCN1CCC(CNC(=O)C(C)(C)N)C1.Cl.Cl. The highest BCUT2D eigenvalue weighted by Gasteiger charge is 2.25. The van der Waals surface area contributed by atoms with Crippen LogP contribution in [0.5, 0.6) is 0 Å². The van der Waals surface area contributed by atoms with Gasteiger partial charge in [-0.1, -0.05) is 6.92 Å². The minimum atomic E-state index is -0.761. The van der Waals surface area contributed by atoms with Crippen LogP contribution < -0.4 is 11.1 Å². The van der Waals surface area contributed by atoms with E-state index in [0.717, 1.165) is 26.2 Å². The lowest BCUT2D eigenvalue weighted by Gasteiger charge is -2.20. The van der Waals surface area contributed by atoms with Crippen molar-refractivity contribution in [2.24, 2.45) is 11.7 Å². The van der Waals surface area contributed by atoms with Crippen molar-refractivity contribution in [3.05, 3.63) is 0 Å². The van der Waals surface area contributed by atoms with E-state index in [9.17, 15) is 4.79 Å². The number of nitrogens with two attached hydrogens (primary N) is 1. The van der Waals surface area contributed by atoms with Crippen LogP contribution in [0.3, 0.4) is 0 Å². The Kier molecular flexibility index (Phi) is 9.25. The quantitative estimate of drug-likeness (QED) is 0.811. The second-order valence-corrected chi connectivity index (χ2v) is 4.98. The summed E-state index contributed by atoms with van der Waals surface area (Å²) in [7, 11) is 0. The molecule has 1 amide bonds. The summed E-state index contributed by atoms with van der Waals surface area (Å²) in [6, 6.07) is 0. The Morgan fingerprint density at radius 3 is 2.47 bits per heavy atom. The summed E-state index contributed by atoms with van der Waals surface area (Å²) < 4.78 is 0. The van der Waals surface area contributed by atoms with Gasteiger partial charge in [0.2, 0.25) is 5.91 Å². The molecular formula is C11H25Cl2N3O. The van der Waals surface area contributed by atoms with Gasteiger partial charge in [0, 0.05) is 13.1 Å². The first-order valence-corrected chi connectivity index (χ1v) is 5.73. The minimum Gasteiger partial charge on any atom is -0.354 e. The highest BCUT2D eigenvalue weighted by atomic mass is 35.5. The molecule has 104 valence electrons. The molecule has 1 atom stereocenters. The molecule has 3 N–H and O–H groups in total. The first-order chi connectivity index (χ1) is 6.93. The molecule has 0 bridgehead atoms. The Balaban J connectivity index is 0. The van der Waals surface area contributed by atoms with Gasteiger partial charge in [-0.2, -0.15) is 0 Å². The number of nitrogens with zero attached hydrogens (tertiary/aromatic N) is 1. The molecule has 0 spiro atoms. The Morgan fingerprint density at radius 1 is 1.47 bits per heavy atom. The zero-order chi connectivity index (χ0) is 11.5. The van der Waals surface area contributed by atoms with Crippen molar-refractivity contribution >= 4 is 30.7 Å². The average molecular weight is 286 g/mol. The van der Waals surface area contributed by atoms with E-state index in [1.807, 2.05) is 0 Å². The lowest BCUT2D eigenvalue weighted by molar-refractivity contribution is -0.125. The van der Waals surface area contributed by atoms with Crippen molar-refractivity contribution in [1.82, 2.24) is 10.2 Å². The van der Waals surface area contributed by atoms with Crippen molar-refractivity contribution in [3.63, 3.8) is 0 Å². The van der Waals surface area contributed by atoms with E-state index in [-0.39, 0.29) is 30.7 Å². The Hall–Kier alpha value is -0.0300. The summed E-state index contributed by atoms with van der Waals surface area (Å²) in [5, 5.41) is 2.92. The van der Waals surface area contributed by atoms with Crippen molar-refractivity contribution in [3.8, 4) is 0 Å². The summed E-state index contributed by atoms with van der Waals surface area (Å²) >= 11 is 0. The predicted octanol–water partition coefficient (Wildman–Crippen LogP) is 1.03. The van der Waals surface area contributed by atoms with Crippen LogP contribution in [-0.2, 0) is 4.79 Å². The Labute approximate surface area is 117 Å². The molecule has 0 radical (unpaired) electrons. The number of rotatable bonds is 4. The maximum absolute atomic E-state index is 11.5. The number of carbonyl (C=O) groups is 1. The zero-order valence-electron chi connectivity index (χ0n) is 10.9. The number of likely N-dealkylation sites (tertiary alicyclic amines) is 1. The molecule has 1 saturated heterocycles. The fourth-order valence-corrected chi connectivity index (χ4v) is 1.83. The van der Waals surface area contributed by atoms with Gasteiger partial charge in [0.1, 0.15) is 0 Å². The molecule has 17 heavy (non-hydrogen) atoms. The first kappa shape index (κ1) is 19.3. The largest absolute Gasteiger partial charge is 0.354 e. The predicted molar refractivity (Wildman–Crippen MR) is 76.0 cm³/mol. The highest BCUT2D eigenvalue weighted by molar-refractivity contribution is 5.85. The number of carbonyl (C=O) groups excluding carboxylic acids is 1. The third kappa shape index (κ3) is 6.46. The molecular weight excluding hydrogens is 261 g/mol. The monoisotopic (exact) mass is 285 g/mol. The van der Waals surface area contributed by atoms with E-state index in [0.29, 0.717) is 5.92 Å². The van der Waals surface area contributed by atoms with Gasteiger partial charge in [-0.3, -0.25) is 4.79 Å². The van der Waals surface area contributed by atoms with Gasteiger partial charge in [-0.15, -0.1) is 24.8 Å². The molecule has 0 aliphatic carbocycles. The number of hydrogen-bond donors (Lipinski definition) is 2. The van der Waals surface area contributed by atoms with Crippen LogP contribution >= 0.6 is 24.8 Å². The maximum atomic E-state index is 11.5. The van der Waals surface area contributed by atoms with Crippen LogP contribution in [0.1, 0.15) is 27.2 Å². The van der Waals surface area contributed by atoms with Gasteiger partial charge in [0.25, 0.3) is 0 Å². The van der Waals surface area contributed by atoms with Gasteiger partial charge in [-0.25, -0.2) is 0 Å². The Bertz CT molecular complexity index is 231. The van der Waals surface area contributed by atoms with Gasteiger partial charge in [0.15, 0.2) is 0 Å². The van der Waals surface area contributed by atoms with Crippen LogP contribution in [0.25, 0.3) is 0 Å². The van der Waals surface area contributed by atoms with Crippen molar-refractivity contribution < 1.29 is 4.79 Å². The molecule has 1 heterocycles. The van der Waals surface area contributed by atoms with Gasteiger partial charge < -0.3 is 16.0 Å². The third-order valence-corrected chi connectivity index (χ3v) is 2.95. The summed E-state index contributed by atoms with van der Waals surface area (Å²) in [5.74, 6) is 0.536. The maximum Gasteiger partial charge on any atom is 0.239 e. The third-order valence-electron chi connectivity index (χ3n) is 2.95. The zero-order valence-corrected chi connectivity index (χ0v) is 12.5. The van der Waals surface area contributed by atoms with Gasteiger partial charge in [0.05, 0.1) is 5.54 Å². The smallest absolute Gasteiger partial charge is 0.239 e. The van der Waals surface area contributed by atoms with Crippen molar-refractivity contribution in [2.75, 3.05) is 26.2 Å². The van der Waals surface area contributed by atoms with Crippen LogP contribution in [0.15, 0.2) is 0 Å². The summed E-state index contributed by atoms with van der Waals surface area (Å²) in [4.78, 5) is 13.9. The molecule has 4 nitrogen and oxygen atoms in total. The number of hydrogen-bond acceptors (Lipinski definition) is 3. The molecule has 1 unspecified atom stereocenters. The molecule has 1 rings (SSSR count). The lowest BCUT2D eigenvalue weighted by atomic mass is 10.1. The van der Waals surface area contributed by atoms with Gasteiger partial charge in [-0.05, 0) is 39.3 Å². The number of halogens is 2. The second kappa shape index (κ2) is 8.14. The van der Waals surface area contributed by atoms with Crippen LogP contribution in [0.4, 0.5) is 0 Å². The molecule has 1 aliphatic rings. The number of amides is 1. The number of nitrogens with one attached hydrogen (secondary N) is 1. The fourth-order valence-electron chi connectivity index (χ4n) is 1.83. The van der Waals surface area contributed by atoms with E-state index >= 15 is 0 Å². The van der Waals surface area contributed by atoms with E-state index in [4.69, 9.17) is 5.73 Å². The van der Waals surface area contributed by atoms with E-state index < -0.39 is 5.54 Å². The van der Waals surface area contributed by atoms with E-state index in [2.05, 4.69) is 17.1 Å². The van der Waals surface area contributed by atoms with Crippen molar-refractivity contribution in [1.29, 1.82) is 0 Å². The molecule has 0 aromatic carbocycles. The summed E-state index contributed by atoms with van der Waals surface area (Å²) in [6.07, 6.45) is 1.18. The standard InChI is InChI=1S/C11H23N3O.2ClH/c1-4-14-6-5-9(8-14)7-13-10(15)11(2,3)12;;/h9H,4-8,12H2,1-3H3,(H,13,15);2*1H. The molecule has 0 saturated carbocycles. The summed E-state index contributed by atoms with van der Waals surface area (Å²) in [6.45, 7) is 9.75. The molecule has 1 aliphatic heterocycles. The molecule has 1 fully saturated rings. The normalized spacial score (nSPS) is 20.4. The summed E-state index contributed by atoms with van der Waals surface area (Å²) in [5.41, 5.74) is 4.93. The van der Waals surface area contributed by atoms with Crippen LogP contribution in [0.2, 0.25) is 0 Å². The van der Waals surface area contributed by atoms with Gasteiger partial charge >= 0.3 is 0 Å².